The topological polar surface area (TPSA) is 151 Å². The number of hydrogen-bond acceptors (Lipinski definition) is 7. The summed E-state index contributed by atoms with van der Waals surface area (Å²) in [5, 5.41) is 14.3. The third-order valence-corrected chi connectivity index (χ3v) is 4.36. The lowest BCUT2D eigenvalue weighted by Crippen LogP contribution is -2.54. The lowest BCUT2D eigenvalue weighted by atomic mass is 10.0. The molecule has 0 bridgehead atoms. The first-order valence-electron chi connectivity index (χ1n) is 10.0. The van der Waals surface area contributed by atoms with Crippen LogP contribution in [0, 0.1) is 0 Å². The minimum atomic E-state index is -1.68. The minimum Gasteiger partial charge on any atom is -0.475 e. The van der Waals surface area contributed by atoms with Crippen LogP contribution in [0.15, 0.2) is 30.3 Å². The number of aliphatic carboxylic acids is 1. The van der Waals surface area contributed by atoms with Gasteiger partial charge >= 0.3 is 12.1 Å². The van der Waals surface area contributed by atoms with Crippen molar-refractivity contribution in [1.82, 2.24) is 15.7 Å². The van der Waals surface area contributed by atoms with E-state index in [9.17, 15) is 24.0 Å². The van der Waals surface area contributed by atoms with Gasteiger partial charge in [0.25, 0.3) is 5.78 Å². The molecule has 0 aromatic heterocycles. The molecular formula is C21H27N3O8. The lowest BCUT2D eigenvalue weighted by Gasteiger charge is -2.27. The Kier molecular flexibility index (Phi) is 8.30. The summed E-state index contributed by atoms with van der Waals surface area (Å²) >= 11 is 0. The predicted molar refractivity (Wildman–Crippen MR) is 110 cm³/mol. The summed E-state index contributed by atoms with van der Waals surface area (Å²) in [6, 6.07) is 6.67. The van der Waals surface area contributed by atoms with Crippen LogP contribution < -0.4 is 10.6 Å². The zero-order valence-electron chi connectivity index (χ0n) is 18.1. The molecule has 3 amide bonds. The second kappa shape index (κ2) is 10.7. The van der Waals surface area contributed by atoms with Crippen molar-refractivity contribution in [3.8, 4) is 0 Å². The molecule has 0 radical (unpaired) electrons. The van der Waals surface area contributed by atoms with Crippen molar-refractivity contribution in [2.45, 2.75) is 51.3 Å². The molecule has 1 heterocycles. The minimum absolute atomic E-state index is 0.0830. The molecule has 1 aromatic rings. The van der Waals surface area contributed by atoms with E-state index in [0.717, 1.165) is 10.6 Å². The monoisotopic (exact) mass is 449 g/mol. The summed E-state index contributed by atoms with van der Waals surface area (Å²) in [7, 11) is 0. The summed E-state index contributed by atoms with van der Waals surface area (Å²) in [4.78, 5) is 65.1. The van der Waals surface area contributed by atoms with Crippen molar-refractivity contribution in [2.24, 2.45) is 0 Å². The van der Waals surface area contributed by atoms with Crippen LogP contribution in [0.5, 0.6) is 0 Å². The molecule has 11 nitrogen and oxygen atoms in total. The number of nitrogens with zero attached hydrogens (tertiary/aromatic N) is 1. The summed E-state index contributed by atoms with van der Waals surface area (Å²) in [5.74, 6) is -4.25. The van der Waals surface area contributed by atoms with Crippen molar-refractivity contribution in [1.29, 1.82) is 0 Å². The summed E-state index contributed by atoms with van der Waals surface area (Å²) in [6.07, 6.45) is -0.548. The standard InChI is InChI=1S/C21H27N3O8/c1-21(2,3)32-20(30)24-15(9-10-31-24)18(27)23-14(11-13-7-5-4-6-8-13)17(26)22-12-16(25)19(28)29/h4-8,14-15H,9-12H2,1-3H3,(H,22,26)(H,23,27)(H,28,29)/t14-,15?/m0/s1. The van der Waals surface area contributed by atoms with E-state index in [1.807, 2.05) is 0 Å². The van der Waals surface area contributed by atoms with Gasteiger partial charge in [-0.05, 0) is 26.3 Å². The zero-order chi connectivity index (χ0) is 23.9. The number of rotatable bonds is 8. The average Bonchev–Trinajstić information content (AvgIpc) is 3.21. The van der Waals surface area contributed by atoms with Gasteiger partial charge in [0.15, 0.2) is 0 Å². The van der Waals surface area contributed by atoms with Crippen molar-refractivity contribution >= 4 is 29.7 Å². The SMILES string of the molecule is CC(C)(C)OC(=O)N1OCCC1C(=O)N[C@@H](Cc1ccccc1)C(=O)NCC(=O)C(=O)O. The van der Waals surface area contributed by atoms with Gasteiger partial charge in [-0.15, -0.1) is 0 Å². The van der Waals surface area contributed by atoms with Gasteiger partial charge in [0.2, 0.25) is 11.8 Å². The quantitative estimate of drug-likeness (QED) is 0.483. The van der Waals surface area contributed by atoms with Crippen LogP contribution in [-0.4, -0.2) is 70.7 Å². The Labute approximate surface area is 185 Å². The Bertz CT molecular complexity index is 866. The van der Waals surface area contributed by atoms with E-state index in [1.54, 1.807) is 51.1 Å². The molecule has 11 heteroatoms. The first-order chi connectivity index (χ1) is 15.0. The number of ketones is 1. The van der Waals surface area contributed by atoms with Crippen molar-refractivity contribution in [3.63, 3.8) is 0 Å². The number of benzene rings is 1. The van der Waals surface area contributed by atoms with Gasteiger partial charge in [0.05, 0.1) is 13.2 Å². The molecule has 32 heavy (non-hydrogen) atoms. The molecule has 1 unspecified atom stereocenters. The highest BCUT2D eigenvalue weighted by atomic mass is 16.7. The Morgan fingerprint density at radius 3 is 2.44 bits per heavy atom. The van der Waals surface area contributed by atoms with E-state index in [-0.39, 0.29) is 19.4 Å². The number of ether oxygens (including phenoxy) is 1. The van der Waals surface area contributed by atoms with Crippen LogP contribution in [0.2, 0.25) is 0 Å². The highest BCUT2D eigenvalue weighted by molar-refractivity contribution is 6.33. The van der Waals surface area contributed by atoms with E-state index in [1.165, 1.54) is 0 Å². The van der Waals surface area contributed by atoms with E-state index >= 15 is 0 Å². The number of Topliss-reactive ketones (excluding diaryl/α,β-unsaturated/α-hetero) is 1. The Morgan fingerprint density at radius 1 is 1.19 bits per heavy atom. The number of hydrogen-bond donors (Lipinski definition) is 3. The maximum Gasteiger partial charge on any atom is 0.435 e. The van der Waals surface area contributed by atoms with Gasteiger partial charge in [0, 0.05) is 12.8 Å². The highest BCUT2D eigenvalue weighted by Gasteiger charge is 2.39. The molecule has 0 spiro atoms. The molecule has 1 aliphatic rings. The molecule has 0 aliphatic carbocycles. The molecule has 0 saturated carbocycles. The first-order valence-corrected chi connectivity index (χ1v) is 10.0. The van der Waals surface area contributed by atoms with E-state index in [4.69, 9.17) is 14.7 Å². The molecule has 1 aromatic carbocycles. The number of carbonyl (C=O) groups is 5. The molecule has 1 fully saturated rings. The van der Waals surface area contributed by atoms with Crippen molar-refractivity contribution < 1.29 is 38.7 Å². The predicted octanol–water partition coefficient (Wildman–Crippen LogP) is 0.425. The second-order valence-electron chi connectivity index (χ2n) is 8.14. The van der Waals surface area contributed by atoms with Crippen molar-refractivity contribution in [2.75, 3.05) is 13.2 Å². The number of carboxylic acids is 1. The van der Waals surface area contributed by atoms with Crippen LogP contribution in [0.25, 0.3) is 0 Å². The molecule has 2 atom stereocenters. The van der Waals surface area contributed by atoms with Crippen molar-refractivity contribution in [3.05, 3.63) is 35.9 Å². The lowest BCUT2D eigenvalue weighted by molar-refractivity contribution is -0.149. The number of nitrogens with one attached hydrogen (secondary N) is 2. The van der Waals surface area contributed by atoms with Gasteiger partial charge in [-0.1, -0.05) is 30.3 Å². The Hall–Kier alpha value is -3.47. The normalized spacial score (nSPS) is 16.7. The molecule has 2 rings (SSSR count). The van der Waals surface area contributed by atoms with Crippen LogP contribution in [0.3, 0.4) is 0 Å². The number of carbonyl (C=O) groups excluding carboxylic acids is 4. The Balaban J connectivity index is 2.12. The van der Waals surface area contributed by atoms with Gasteiger partial charge in [0.1, 0.15) is 17.7 Å². The van der Waals surface area contributed by atoms with E-state index in [0.29, 0.717) is 0 Å². The largest absolute Gasteiger partial charge is 0.475 e. The third kappa shape index (κ3) is 7.34. The fourth-order valence-corrected chi connectivity index (χ4v) is 2.89. The maximum atomic E-state index is 12.9. The van der Waals surface area contributed by atoms with Crippen LogP contribution >= 0.6 is 0 Å². The molecular weight excluding hydrogens is 422 g/mol. The third-order valence-electron chi connectivity index (χ3n) is 4.36. The molecule has 1 aliphatic heterocycles. The first kappa shape index (κ1) is 24.8. The van der Waals surface area contributed by atoms with Gasteiger partial charge in [-0.2, -0.15) is 5.06 Å². The van der Waals surface area contributed by atoms with Gasteiger partial charge < -0.3 is 20.5 Å². The average molecular weight is 449 g/mol. The van der Waals surface area contributed by atoms with E-state index < -0.39 is 53.9 Å². The Morgan fingerprint density at radius 2 is 1.84 bits per heavy atom. The molecule has 174 valence electrons. The number of hydroxylamine groups is 2. The van der Waals surface area contributed by atoms with Crippen LogP contribution in [0.1, 0.15) is 32.8 Å². The van der Waals surface area contributed by atoms with Gasteiger partial charge in [-0.25, -0.2) is 9.59 Å². The highest BCUT2D eigenvalue weighted by Crippen LogP contribution is 2.19. The van der Waals surface area contributed by atoms with Crippen LogP contribution in [0.4, 0.5) is 4.79 Å². The molecule has 1 saturated heterocycles. The summed E-state index contributed by atoms with van der Waals surface area (Å²) in [5.41, 5.74) is -0.0691. The number of amides is 3. The zero-order valence-corrected chi connectivity index (χ0v) is 18.1. The summed E-state index contributed by atoms with van der Waals surface area (Å²) in [6.45, 7) is 4.42. The second-order valence-corrected chi connectivity index (χ2v) is 8.14. The fraction of sp³-hybridized carbons (Fsp3) is 0.476. The van der Waals surface area contributed by atoms with E-state index in [2.05, 4.69) is 10.6 Å². The fourth-order valence-electron chi connectivity index (χ4n) is 2.89. The van der Waals surface area contributed by atoms with Gasteiger partial charge in [-0.3, -0.25) is 19.2 Å². The molecule has 3 N–H and O–H groups in total. The smallest absolute Gasteiger partial charge is 0.435 e. The number of carboxylic acid groups (broad SMARTS) is 1. The van der Waals surface area contributed by atoms with Crippen LogP contribution in [-0.2, 0) is 35.2 Å². The summed E-state index contributed by atoms with van der Waals surface area (Å²) < 4.78 is 5.25. The maximum absolute atomic E-state index is 12.9.